The van der Waals surface area contributed by atoms with Crippen molar-refractivity contribution in [1.29, 1.82) is 0 Å². The minimum Gasteiger partial charge on any atom is -0.506 e. The molecule has 2 aliphatic heterocycles. The van der Waals surface area contributed by atoms with Gasteiger partial charge in [-0.15, -0.1) is 0 Å². The summed E-state index contributed by atoms with van der Waals surface area (Å²) in [5, 5.41) is 10.9. The van der Waals surface area contributed by atoms with Crippen LogP contribution < -0.4 is 4.90 Å². The van der Waals surface area contributed by atoms with Gasteiger partial charge in [0.05, 0.1) is 34.5 Å². The number of nitrogens with zero attached hydrogens (tertiary/aromatic N) is 3. The van der Waals surface area contributed by atoms with E-state index in [1.165, 1.54) is 0 Å². The van der Waals surface area contributed by atoms with Crippen molar-refractivity contribution in [3.8, 4) is 0 Å². The molecule has 2 aromatic carbocycles. The number of carbonyl (C=O) groups excluding carboxylic acids is 3. The lowest BCUT2D eigenvalue weighted by atomic mass is 9.84. The highest BCUT2D eigenvalue weighted by atomic mass is 16.3. The molecule has 0 bridgehead atoms. The number of aliphatic imine (C=N–C) groups is 1. The third-order valence-corrected chi connectivity index (χ3v) is 6.42. The molecule has 7 nitrogen and oxygen atoms in total. The quantitative estimate of drug-likeness (QED) is 0.635. The van der Waals surface area contributed by atoms with E-state index in [-0.39, 0.29) is 17.0 Å². The minimum absolute atomic E-state index is 0.0132. The van der Waals surface area contributed by atoms with Gasteiger partial charge in [-0.1, -0.05) is 48.5 Å². The first-order chi connectivity index (χ1) is 16.1. The Hall–Kier alpha value is -4.39. The topological polar surface area (TPSA) is 99.9 Å². The van der Waals surface area contributed by atoms with E-state index in [0.717, 1.165) is 4.90 Å². The van der Waals surface area contributed by atoms with Crippen molar-refractivity contribution in [3.63, 3.8) is 0 Å². The Bertz CT molecular complexity index is 1400. The molecule has 1 aromatic heterocycles. The lowest BCUT2D eigenvalue weighted by Crippen LogP contribution is -2.33. The Balaban J connectivity index is 1.52. The number of imide groups is 1. The fraction of sp³-hybridized carbons (Fsp3) is 0.115. The van der Waals surface area contributed by atoms with E-state index >= 15 is 0 Å². The number of aliphatic hydroxyl groups excluding tert-OH is 1. The number of carbonyl (C=O) groups is 3. The van der Waals surface area contributed by atoms with Crippen LogP contribution in [0.25, 0.3) is 5.76 Å². The van der Waals surface area contributed by atoms with E-state index in [4.69, 9.17) is 0 Å². The van der Waals surface area contributed by atoms with Crippen LogP contribution in [0.15, 0.2) is 89.6 Å². The molecular formula is C26H17N3O4. The van der Waals surface area contributed by atoms with Crippen LogP contribution in [0.2, 0.25) is 0 Å². The highest BCUT2D eigenvalue weighted by Crippen LogP contribution is 2.48. The lowest BCUT2D eigenvalue weighted by molar-refractivity contribution is -0.122. The molecule has 33 heavy (non-hydrogen) atoms. The first-order valence-electron chi connectivity index (χ1n) is 10.6. The fourth-order valence-corrected chi connectivity index (χ4v) is 4.96. The maximum Gasteiger partial charge on any atom is 0.243 e. The third kappa shape index (κ3) is 2.65. The second kappa shape index (κ2) is 7.06. The number of para-hydroxylation sites is 1. The Morgan fingerprint density at radius 2 is 1.48 bits per heavy atom. The van der Waals surface area contributed by atoms with Crippen LogP contribution in [0.5, 0.6) is 0 Å². The Kier molecular flexibility index (Phi) is 4.13. The molecule has 3 heterocycles. The number of fused-ring (bicyclic) bond motifs is 2. The normalized spacial score (nSPS) is 23.8. The maximum atomic E-state index is 13.6. The molecule has 7 heteroatoms. The zero-order valence-corrected chi connectivity index (χ0v) is 17.3. The van der Waals surface area contributed by atoms with E-state index in [1.807, 2.05) is 0 Å². The van der Waals surface area contributed by atoms with Crippen LogP contribution in [-0.2, 0) is 9.59 Å². The molecule has 1 fully saturated rings. The summed E-state index contributed by atoms with van der Waals surface area (Å²) in [6, 6.07) is 19.9. The largest absolute Gasteiger partial charge is 0.506 e. The molecule has 0 radical (unpaired) electrons. The molecule has 0 unspecified atom stereocenters. The summed E-state index contributed by atoms with van der Waals surface area (Å²) in [5.41, 5.74) is 1.87. The first-order valence-corrected chi connectivity index (χ1v) is 10.6. The molecule has 3 aromatic rings. The molecule has 3 atom stereocenters. The summed E-state index contributed by atoms with van der Waals surface area (Å²) in [5.74, 6) is -3.31. The van der Waals surface area contributed by atoms with Crippen molar-refractivity contribution in [2.45, 2.75) is 6.04 Å². The summed E-state index contributed by atoms with van der Waals surface area (Å²) in [6.45, 7) is 0. The first kappa shape index (κ1) is 19.3. The van der Waals surface area contributed by atoms with Crippen molar-refractivity contribution in [2.24, 2.45) is 16.8 Å². The molecule has 160 valence electrons. The van der Waals surface area contributed by atoms with Crippen LogP contribution in [-0.4, -0.2) is 33.4 Å². The van der Waals surface area contributed by atoms with Gasteiger partial charge in [0, 0.05) is 17.3 Å². The monoisotopic (exact) mass is 435 g/mol. The molecule has 0 saturated carbocycles. The molecular weight excluding hydrogens is 418 g/mol. The molecule has 1 saturated heterocycles. The molecule has 3 aliphatic rings. The Labute approximate surface area is 188 Å². The van der Waals surface area contributed by atoms with Gasteiger partial charge in [-0.2, -0.15) is 0 Å². The van der Waals surface area contributed by atoms with Crippen LogP contribution in [0.3, 0.4) is 0 Å². The third-order valence-electron chi connectivity index (χ3n) is 6.42. The fourth-order valence-electron chi connectivity index (χ4n) is 4.96. The average molecular weight is 435 g/mol. The molecule has 2 amide bonds. The number of hydrogen-bond donors (Lipinski definition) is 1. The maximum absolute atomic E-state index is 13.6. The number of benzene rings is 2. The number of Topliss-reactive ketones (excluding diaryl/α,β-unsaturated/α-hetero) is 1. The number of pyridine rings is 1. The highest BCUT2D eigenvalue weighted by molar-refractivity contribution is 6.42. The van der Waals surface area contributed by atoms with Crippen LogP contribution >= 0.6 is 0 Å². The Morgan fingerprint density at radius 3 is 2.18 bits per heavy atom. The Morgan fingerprint density at radius 1 is 0.788 bits per heavy atom. The van der Waals surface area contributed by atoms with Gasteiger partial charge in [-0.25, -0.2) is 4.90 Å². The number of aliphatic hydroxyl groups is 1. The smallest absolute Gasteiger partial charge is 0.243 e. The van der Waals surface area contributed by atoms with Gasteiger partial charge in [-0.05, 0) is 24.3 Å². The highest BCUT2D eigenvalue weighted by Gasteiger charge is 2.59. The van der Waals surface area contributed by atoms with Crippen molar-refractivity contribution >= 4 is 34.8 Å². The summed E-state index contributed by atoms with van der Waals surface area (Å²) in [4.78, 5) is 50.6. The van der Waals surface area contributed by atoms with Crippen molar-refractivity contribution in [2.75, 3.05) is 4.90 Å². The number of allylic oxidation sites excluding steroid dienone is 1. The van der Waals surface area contributed by atoms with E-state index in [2.05, 4.69) is 9.98 Å². The zero-order valence-electron chi connectivity index (χ0n) is 17.3. The van der Waals surface area contributed by atoms with Gasteiger partial charge in [-0.3, -0.25) is 24.4 Å². The van der Waals surface area contributed by atoms with Gasteiger partial charge < -0.3 is 5.11 Å². The number of ketones is 1. The van der Waals surface area contributed by atoms with Crippen molar-refractivity contribution in [1.82, 2.24) is 4.98 Å². The van der Waals surface area contributed by atoms with Gasteiger partial charge in [0.15, 0.2) is 5.78 Å². The van der Waals surface area contributed by atoms with Gasteiger partial charge in [0.2, 0.25) is 11.8 Å². The van der Waals surface area contributed by atoms with E-state index in [9.17, 15) is 19.5 Å². The predicted molar refractivity (Wildman–Crippen MR) is 121 cm³/mol. The van der Waals surface area contributed by atoms with E-state index < -0.39 is 35.5 Å². The molecule has 1 aliphatic carbocycles. The summed E-state index contributed by atoms with van der Waals surface area (Å²) >= 11 is 0. The van der Waals surface area contributed by atoms with Gasteiger partial charge in [0.1, 0.15) is 11.8 Å². The molecule has 0 spiro atoms. The summed E-state index contributed by atoms with van der Waals surface area (Å²) in [6.07, 6.45) is 1.60. The van der Waals surface area contributed by atoms with E-state index in [1.54, 1.807) is 79.0 Å². The second-order valence-electron chi connectivity index (χ2n) is 8.16. The summed E-state index contributed by atoms with van der Waals surface area (Å²) in [7, 11) is 0. The van der Waals surface area contributed by atoms with Crippen LogP contribution in [0.1, 0.15) is 27.7 Å². The predicted octanol–water partition coefficient (Wildman–Crippen LogP) is 3.55. The number of amides is 2. The van der Waals surface area contributed by atoms with Crippen LogP contribution in [0, 0.1) is 11.8 Å². The molecule has 1 N–H and O–H groups in total. The average Bonchev–Trinajstić information content (AvgIpc) is 3.44. The van der Waals surface area contributed by atoms with Gasteiger partial charge in [0.25, 0.3) is 0 Å². The zero-order chi connectivity index (χ0) is 22.7. The lowest BCUT2D eigenvalue weighted by Gasteiger charge is -2.17. The van der Waals surface area contributed by atoms with Crippen molar-refractivity contribution < 1.29 is 19.5 Å². The summed E-state index contributed by atoms with van der Waals surface area (Å²) < 4.78 is 0. The van der Waals surface area contributed by atoms with Crippen LogP contribution in [0.4, 0.5) is 5.69 Å². The SMILES string of the molecule is O=C1C(C2=N[C@H](c3ccccn3)[C@@H]3C(=O)N(c4ccccc4)C(=O)[C@@H]23)=C(O)c2ccccc21. The number of hydrogen-bond acceptors (Lipinski definition) is 6. The standard InChI is InChI=1S/C26H17N3O4/c30-23-15-10-4-5-11-16(15)24(31)20(23)22-19-18(21(28-22)17-12-6-7-13-27-17)25(32)29(26(19)33)14-8-2-1-3-9-14/h1-13,18-19,21,30H/t18-,19-,21-/m1/s1. The van der Waals surface area contributed by atoms with E-state index in [0.29, 0.717) is 22.5 Å². The van der Waals surface area contributed by atoms with Crippen molar-refractivity contribution in [3.05, 3.63) is 101 Å². The number of anilines is 1. The second-order valence-corrected chi connectivity index (χ2v) is 8.16. The minimum atomic E-state index is -0.986. The number of aromatic nitrogens is 1. The van der Waals surface area contributed by atoms with Gasteiger partial charge >= 0.3 is 0 Å². The molecule has 6 rings (SSSR count). The number of rotatable bonds is 3.